The highest BCUT2D eigenvalue weighted by atomic mass is 16.5. The molecule has 29 heavy (non-hydrogen) atoms. The first kappa shape index (κ1) is 21.6. The van der Waals surface area contributed by atoms with Gasteiger partial charge >= 0.3 is 0 Å². The Balaban J connectivity index is 1.48. The SMILES string of the molecule is CN=C(NCc1cccc(NC(=O)C2CCCO2)c1)NCC1(CC(C)C)CCC1. The topological polar surface area (TPSA) is 74.8 Å². The van der Waals surface area contributed by atoms with Crippen LogP contribution in [0, 0.1) is 11.3 Å². The number of carbonyl (C=O) groups excluding carboxylic acids is 1. The van der Waals surface area contributed by atoms with Gasteiger partial charge in [-0.05, 0) is 61.1 Å². The van der Waals surface area contributed by atoms with Crippen molar-refractivity contribution >= 4 is 17.6 Å². The number of hydrogen-bond donors (Lipinski definition) is 3. The maximum atomic E-state index is 12.2. The normalized spacial score (nSPS) is 21.0. The molecule has 0 bridgehead atoms. The van der Waals surface area contributed by atoms with Gasteiger partial charge < -0.3 is 20.7 Å². The molecule has 1 atom stereocenters. The first-order chi connectivity index (χ1) is 14.0. The fourth-order valence-electron chi connectivity index (χ4n) is 4.44. The van der Waals surface area contributed by atoms with E-state index in [1.807, 2.05) is 31.3 Å². The molecule has 0 spiro atoms. The number of anilines is 1. The molecule has 1 heterocycles. The monoisotopic (exact) mass is 400 g/mol. The second kappa shape index (κ2) is 10.1. The van der Waals surface area contributed by atoms with E-state index in [1.54, 1.807) is 0 Å². The van der Waals surface area contributed by atoms with E-state index in [0.29, 0.717) is 18.6 Å². The summed E-state index contributed by atoms with van der Waals surface area (Å²) >= 11 is 0. The van der Waals surface area contributed by atoms with E-state index in [2.05, 4.69) is 34.8 Å². The number of ether oxygens (including phenoxy) is 1. The van der Waals surface area contributed by atoms with E-state index in [1.165, 1.54) is 25.7 Å². The standard InChI is InChI=1S/C23H36N4O2/c1-17(2)14-23(10-6-11-23)16-26-22(24-3)25-15-18-7-4-8-19(13-18)27-21(28)20-9-5-12-29-20/h4,7-8,13,17,20H,5-6,9-12,14-16H2,1-3H3,(H,27,28)(H2,24,25,26). The minimum atomic E-state index is -0.315. The molecule has 3 rings (SSSR count). The van der Waals surface area contributed by atoms with Gasteiger partial charge in [0.25, 0.3) is 5.91 Å². The molecule has 1 aromatic carbocycles. The third-order valence-corrected chi connectivity index (χ3v) is 5.99. The summed E-state index contributed by atoms with van der Waals surface area (Å²) in [5.41, 5.74) is 2.33. The van der Waals surface area contributed by atoms with Crippen LogP contribution < -0.4 is 16.0 Å². The molecule has 1 amide bonds. The molecular formula is C23H36N4O2. The van der Waals surface area contributed by atoms with Gasteiger partial charge in [-0.3, -0.25) is 9.79 Å². The second-order valence-electron chi connectivity index (χ2n) is 8.92. The van der Waals surface area contributed by atoms with Gasteiger partial charge in [-0.1, -0.05) is 32.4 Å². The summed E-state index contributed by atoms with van der Waals surface area (Å²) in [6, 6.07) is 7.92. The van der Waals surface area contributed by atoms with Crippen LogP contribution in [0.4, 0.5) is 5.69 Å². The van der Waals surface area contributed by atoms with E-state index in [9.17, 15) is 4.79 Å². The van der Waals surface area contributed by atoms with Crippen molar-refractivity contribution in [1.82, 2.24) is 10.6 Å². The molecule has 6 nitrogen and oxygen atoms in total. The summed E-state index contributed by atoms with van der Waals surface area (Å²) < 4.78 is 5.45. The molecule has 1 saturated heterocycles. The van der Waals surface area contributed by atoms with Crippen LogP contribution in [-0.2, 0) is 16.1 Å². The average Bonchev–Trinajstić information content (AvgIpc) is 3.21. The molecule has 0 aromatic heterocycles. The lowest BCUT2D eigenvalue weighted by molar-refractivity contribution is -0.124. The zero-order chi connectivity index (χ0) is 20.7. The van der Waals surface area contributed by atoms with E-state index in [4.69, 9.17) is 4.74 Å². The predicted molar refractivity (Wildman–Crippen MR) is 118 cm³/mol. The van der Waals surface area contributed by atoms with Crippen molar-refractivity contribution in [1.29, 1.82) is 0 Å². The first-order valence-corrected chi connectivity index (χ1v) is 11.0. The lowest BCUT2D eigenvalue weighted by Gasteiger charge is -2.43. The van der Waals surface area contributed by atoms with Crippen molar-refractivity contribution in [3.8, 4) is 0 Å². The summed E-state index contributed by atoms with van der Waals surface area (Å²) in [6.45, 7) is 6.91. The number of nitrogens with one attached hydrogen (secondary N) is 3. The molecule has 1 aromatic rings. The number of amides is 1. The molecule has 3 N–H and O–H groups in total. The summed E-state index contributed by atoms with van der Waals surface area (Å²) in [5.74, 6) is 1.49. The van der Waals surface area contributed by atoms with Gasteiger partial charge in [0.15, 0.2) is 5.96 Å². The van der Waals surface area contributed by atoms with Crippen LogP contribution in [0.1, 0.15) is 57.9 Å². The fourth-order valence-corrected chi connectivity index (χ4v) is 4.44. The van der Waals surface area contributed by atoms with Crippen LogP contribution in [-0.4, -0.2) is 38.2 Å². The number of hydrogen-bond acceptors (Lipinski definition) is 3. The number of aliphatic imine (C=N–C) groups is 1. The van der Waals surface area contributed by atoms with Crippen molar-refractivity contribution in [2.75, 3.05) is 25.5 Å². The molecular weight excluding hydrogens is 364 g/mol. The zero-order valence-electron chi connectivity index (χ0n) is 18.1. The number of benzene rings is 1. The van der Waals surface area contributed by atoms with E-state index < -0.39 is 0 Å². The van der Waals surface area contributed by atoms with Gasteiger partial charge in [0, 0.05) is 32.4 Å². The minimum absolute atomic E-state index is 0.0546. The Kier molecular flexibility index (Phi) is 7.53. The molecule has 1 unspecified atom stereocenters. The quantitative estimate of drug-likeness (QED) is 0.460. The third kappa shape index (κ3) is 6.20. The Morgan fingerprint density at radius 3 is 2.72 bits per heavy atom. The Hall–Kier alpha value is -2.08. The number of nitrogens with zero attached hydrogens (tertiary/aromatic N) is 1. The number of guanidine groups is 1. The smallest absolute Gasteiger partial charge is 0.253 e. The highest BCUT2D eigenvalue weighted by Gasteiger charge is 2.37. The number of carbonyl (C=O) groups is 1. The molecule has 2 aliphatic rings. The molecule has 160 valence electrons. The van der Waals surface area contributed by atoms with Gasteiger partial charge in [0.2, 0.25) is 0 Å². The molecule has 2 fully saturated rings. The lowest BCUT2D eigenvalue weighted by Crippen LogP contribution is -2.46. The average molecular weight is 401 g/mol. The van der Waals surface area contributed by atoms with E-state index >= 15 is 0 Å². The van der Waals surface area contributed by atoms with Gasteiger partial charge in [0.05, 0.1) is 0 Å². The summed E-state index contributed by atoms with van der Waals surface area (Å²) in [4.78, 5) is 16.6. The number of rotatable bonds is 8. The molecule has 1 saturated carbocycles. The van der Waals surface area contributed by atoms with Crippen molar-refractivity contribution in [3.05, 3.63) is 29.8 Å². The van der Waals surface area contributed by atoms with E-state index in [0.717, 1.165) is 42.5 Å². The van der Waals surface area contributed by atoms with Crippen LogP contribution in [0.2, 0.25) is 0 Å². The summed E-state index contributed by atoms with van der Waals surface area (Å²) in [6.07, 6.45) is 6.65. The fraction of sp³-hybridized carbons (Fsp3) is 0.652. The Bertz CT molecular complexity index is 707. The molecule has 6 heteroatoms. The summed E-state index contributed by atoms with van der Waals surface area (Å²) in [7, 11) is 1.81. The van der Waals surface area contributed by atoms with Crippen LogP contribution in [0.3, 0.4) is 0 Å². The first-order valence-electron chi connectivity index (χ1n) is 11.0. The van der Waals surface area contributed by atoms with Crippen LogP contribution in [0.15, 0.2) is 29.3 Å². The molecule has 0 radical (unpaired) electrons. The van der Waals surface area contributed by atoms with Crippen molar-refractivity contribution in [2.45, 2.75) is 65.0 Å². The Morgan fingerprint density at radius 2 is 2.10 bits per heavy atom. The van der Waals surface area contributed by atoms with Crippen molar-refractivity contribution in [3.63, 3.8) is 0 Å². The molecule has 1 aliphatic heterocycles. The molecule has 1 aliphatic carbocycles. The van der Waals surface area contributed by atoms with Crippen LogP contribution in [0.5, 0.6) is 0 Å². The highest BCUT2D eigenvalue weighted by molar-refractivity contribution is 5.94. The Morgan fingerprint density at radius 1 is 1.28 bits per heavy atom. The van der Waals surface area contributed by atoms with Crippen molar-refractivity contribution in [2.24, 2.45) is 16.3 Å². The Labute approximate surface area is 174 Å². The van der Waals surface area contributed by atoms with Gasteiger partial charge in [0.1, 0.15) is 6.10 Å². The predicted octanol–water partition coefficient (Wildman–Crippen LogP) is 3.69. The maximum Gasteiger partial charge on any atom is 0.253 e. The van der Waals surface area contributed by atoms with Gasteiger partial charge in [-0.25, -0.2) is 0 Å². The van der Waals surface area contributed by atoms with Crippen molar-refractivity contribution < 1.29 is 9.53 Å². The maximum absolute atomic E-state index is 12.2. The lowest BCUT2D eigenvalue weighted by atomic mass is 9.64. The second-order valence-corrected chi connectivity index (χ2v) is 8.92. The van der Waals surface area contributed by atoms with Crippen LogP contribution in [0.25, 0.3) is 0 Å². The van der Waals surface area contributed by atoms with Gasteiger partial charge in [-0.15, -0.1) is 0 Å². The highest BCUT2D eigenvalue weighted by Crippen LogP contribution is 2.45. The minimum Gasteiger partial charge on any atom is -0.368 e. The van der Waals surface area contributed by atoms with Gasteiger partial charge in [-0.2, -0.15) is 0 Å². The largest absolute Gasteiger partial charge is 0.368 e. The van der Waals surface area contributed by atoms with Crippen LogP contribution >= 0.6 is 0 Å². The zero-order valence-corrected chi connectivity index (χ0v) is 18.1. The summed E-state index contributed by atoms with van der Waals surface area (Å²) in [5, 5.41) is 9.89. The third-order valence-electron chi connectivity index (χ3n) is 5.99. The van der Waals surface area contributed by atoms with E-state index in [-0.39, 0.29) is 12.0 Å².